The van der Waals surface area contributed by atoms with Crippen LogP contribution in [0.3, 0.4) is 0 Å². The van der Waals surface area contributed by atoms with Gasteiger partial charge >= 0.3 is 0 Å². The summed E-state index contributed by atoms with van der Waals surface area (Å²) in [5.74, 6) is -0.535. The van der Waals surface area contributed by atoms with Crippen LogP contribution in [-0.4, -0.2) is 64.9 Å². The molecule has 0 bridgehead atoms. The zero-order valence-corrected chi connectivity index (χ0v) is 20.0. The van der Waals surface area contributed by atoms with E-state index in [-0.39, 0.29) is 17.6 Å². The highest BCUT2D eigenvalue weighted by Gasteiger charge is 2.42. The average molecular weight is 481 g/mol. The van der Waals surface area contributed by atoms with Crippen molar-refractivity contribution in [2.75, 3.05) is 26.2 Å². The molecule has 3 aliphatic heterocycles. The van der Waals surface area contributed by atoms with Crippen LogP contribution in [0, 0.1) is 5.82 Å². The van der Waals surface area contributed by atoms with Crippen molar-refractivity contribution in [1.82, 2.24) is 9.80 Å². The molecule has 2 saturated heterocycles. The number of ether oxygens (including phenoxy) is 2. The molecule has 7 heteroatoms. The number of carbonyl (C=O) groups is 1. The topological polar surface area (TPSA) is 62.2 Å². The highest BCUT2D eigenvalue weighted by molar-refractivity contribution is 5.95. The standard InChI is InChI=1S/C28H33FN2O4/c29-25-17-20(4-6-24(25)27(33)31-12-8-23(32)9-13-31)19-5-7-26-21(16-19)18-34-28(35-26)10-14-30(15-11-28)22-2-1-3-22/h4-7,16-17,22-23,32H,1-3,8-15,18H2. The molecular weight excluding hydrogens is 447 g/mol. The monoisotopic (exact) mass is 480 g/mol. The Hall–Kier alpha value is -2.48. The minimum absolute atomic E-state index is 0.0740. The first-order valence-electron chi connectivity index (χ1n) is 13.0. The molecule has 6 nitrogen and oxygen atoms in total. The van der Waals surface area contributed by atoms with Gasteiger partial charge in [0.25, 0.3) is 5.91 Å². The number of rotatable bonds is 3. The molecule has 1 saturated carbocycles. The molecule has 2 aromatic rings. The molecule has 0 radical (unpaired) electrons. The van der Waals surface area contributed by atoms with Crippen molar-refractivity contribution < 1.29 is 23.8 Å². The van der Waals surface area contributed by atoms with E-state index in [1.54, 1.807) is 17.0 Å². The Morgan fingerprint density at radius 3 is 2.37 bits per heavy atom. The molecule has 0 atom stereocenters. The first-order valence-corrected chi connectivity index (χ1v) is 13.0. The smallest absolute Gasteiger partial charge is 0.256 e. The van der Waals surface area contributed by atoms with Crippen LogP contribution in [-0.2, 0) is 11.3 Å². The molecule has 1 aliphatic carbocycles. The maximum Gasteiger partial charge on any atom is 0.256 e. The molecule has 35 heavy (non-hydrogen) atoms. The van der Waals surface area contributed by atoms with Crippen molar-refractivity contribution in [3.8, 4) is 16.9 Å². The number of aliphatic hydroxyl groups is 1. The molecule has 2 aromatic carbocycles. The summed E-state index contributed by atoms with van der Waals surface area (Å²) in [6.45, 7) is 3.41. The van der Waals surface area contributed by atoms with Crippen molar-refractivity contribution in [3.63, 3.8) is 0 Å². The van der Waals surface area contributed by atoms with Gasteiger partial charge < -0.3 is 19.5 Å². The molecule has 1 spiro atoms. The van der Waals surface area contributed by atoms with Crippen LogP contribution >= 0.6 is 0 Å². The fourth-order valence-corrected chi connectivity index (χ4v) is 5.75. The van der Waals surface area contributed by atoms with Gasteiger partial charge in [-0.15, -0.1) is 0 Å². The van der Waals surface area contributed by atoms with E-state index in [0.717, 1.165) is 48.8 Å². The van der Waals surface area contributed by atoms with E-state index in [4.69, 9.17) is 9.47 Å². The minimum atomic E-state index is -0.534. The van der Waals surface area contributed by atoms with Crippen molar-refractivity contribution in [3.05, 3.63) is 53.3 Å². The van der Waals surface area contributed by atoms with Gasteiger partial charge in [0.2, 0.25) is 5.79 Å². The lowest BCUT2D eigenvalue weighted by molar-refractivity contribution is -0.231. The van der Waals surface area contributed by atoms with Gasteiger partial charge in [0.1, 0.15) is 11.6 Å². The van der Waals surface area contributed by atoms with Gasteiger partial charge in [-0.05, 0) is 61.1 Å². The fourth-order valence-electron chi connectivity index (χ4n) is 5.75. The third-order valence-electron chi connectivity index (χ3n) is 8.28. The normalized spacial score (nSPS) is 23.0. The molecule has 4 aliphatic rings. The van der Waals surface area contributed by atoms with Crippen LogP contribution in [0.5, 0.6) is 5.75 Å². The number of carbonyl (C=O) groups excluding carboxylic acids is 1. The highest BCUT2D eigenvalue weighted by Crippen LogP contribution is 2.40. The van der Waals surface area contributed by atoms with E-state index in [2.05, 4.69) is 4.90 Å². The van der Waals surface area contributed by atoms with E-state index < -0.39 is 11.6 Å². The van der Waals surface area contributed by atoms with Crippen molar-refractivity contribution in [1.29, 1.82) is 0 Å². The summed E-state index contributed by atoms with van der Waals surface area (Å²) in [5, 5.41) is 9.66. The van der Waals surface area contributed by atoms with E-state index in [1.807, 2.05) is 18.2 Å². The molecule has 3 fully saturated rings. The lowest BCUT2D eigenvalue weighted by Crippen LogP contribution is -2.54. The van der Waals surface area contributed by atoms with Crippen LogP contribution in [0.25, 0.3) is 11.1 Å². The Labute approximate surface area is 205 Å². The Bertz CT molecular complexity index is 1100. The average Bonchev–Trinajstić information content (AvgIpc) is 2.84. The van der Waals surface area contributed by atoms with Crippen molar-refractivity contribution >= 4 is 5.91 Å². The zero-order valence-electron chi connectivity index (χ0n) is 20.0. The number of fused-ring (bicyclic) bond motifs is 1. The second kappa shape index (κ2) is 9.19. The number of aliphatic hydroxyl groups excluding tert-OH is 1. The molecule has 3 heterocycles. The van der Waals surface area contributed by atoms with E-state index in [0.29, 0.717) is 38.1 Å². The maximum absolute atomic E-state index is 15.0. The molecular formula is C28H33FN2O4. The highest BCUT2D eigenvalue weighted by atomic mass is 19.1. The van der Waals surface area contributed by atoms with Gasteiger partial charge in [0.05, 0.1) is 18.3 Å². The summed E-state index contributed by atoms with van der Waals surface area (Å²) >= 11 is 0. The lowest BCUT2D eigenvalue weighted by atomic mass is 9.89. The number of hydrogen-bond donors (Lipinski definition) is 1. The Balaban J connectivity index is 1.14. The number of piperidine rings is 2. The first kappa shape index (κ1) is 23.0. The van der Waals surface area contributed by atoms with Gasteiger partial charge in [0, 0.05) is 50.6 Å². The van der Waals surface area contributed by atoms with Crippen LogP contribution in [0.1, 0.15) is 60.9 Å². The van der Waals surface area contributed by atoms with Gasteiger partial charge in [0.15, 0.2) is 0 Å². The summed E-state index contributed by atoms with van der Waals surface area (Å²) in [6.07, 6.45) is 6.43. The molecule has 1 amide bonds. The Morgan fingerprint density at radius 2 is 1.69 bits per heavy atom. The Morgan fingerprint density at radius 1 is 0.971 bits per heavy atom. The largest absolute Gasteiger partial charge is 0.462 e. The summed E-state index contributed by atoms with van der Waals surface area (Å²) in [5.41, 5.74) is 2.61. The van der Waals surface area contributed by atoms with Crippen LogP contribution in [0.15, 0.2) is 36.4 Å². The summed E-state index contributed by atoms with van der Waals surface area (Å²) in [7, 11) is 0. The molecule has 1 N–H and O–H groups in total. The third-order valence-corrected chi connectivity index (χ3v) is 8.28. The SMILES string of the molecule is O=C(c1ccc(-c2ccc3c(c2)COC2(CCN(C4CCC4)CC2)O3)cc1F)N1CCC(O)CC1. The van der Waals surface area contributed by atoms with Crippen molar-refractivity contribution in [2.45, 2.75) is 69.5 Å². The molecule has 0 unspecified atom stereocenters. The summed E-state index contributed by atoms with van der Waals surface area (Å²) in [6, 6.07) is 11.4. The number of hydrogen-bond acceptors (Lipinski definition) is 5. The summed E-state index contributed by atoms with van der Waals surface area (Å²) in [4.78, 5) is 17.0. The van der Waals surface area contributed by atoms with Crippen LogP contribution in [0.4, 0.5) is 4.39 Å². The third kappa shape index (κ3) is 4.46. The van der Waals surface area contributed by atoms with Gasteiger partial charge in [-0.1, -0.05) is 18.6 Å². The van der Waals surface area contributed by atoms with Gasteiger partial charge in [-0.3, -0.25) is 9.69 Å². The van der Waals surface area contributed by atoms with Gasteiger partial charge in [-0.2, -0.15) is 0 Å². The number of amides is 1. The quantitative estimate of drug-likeness (QED) is 0.708. The van der Waals surface area contributed by atoms with E-state index in [9.17, 15) is 14.3 Å². The van der Waals surface area contributed by atoms with E-state index in [1.165, 1.54) is 25.3 Å². The number of likely N-dealkylation sites (tertiary alicyclic amines) is 2. The minimum Gasteiger partial charge on any atom is -0.462 e. The van der Waals surface area contributed by atoms with Gasteiger partial charge in [-0.25, -0.2) is 4.39 Å². The maximum atomic E-state index is 15.0. The molecule has 0 aromatic heterocycles. The first-order chi connectivity index (χ1) is 17.0. The predicted molar refractivity (Wildman–Crippen MR) is 130 cm³/mol. The lowest BCUT2D eigenvalue weighted by Gasteiger charge is -2.47. The number of nitrogens with zero attached hydrogens (tertiary/aromatic N) is 2. The van der Waals surface area contributed by atoms with Crippen molar-refractivity contribution in [2.24, 2.45) is 0 Å². The molecule has 6 rings (SSSR count). The Kier molecular flexibility index (Phi) is 6.03. The second-order valence-corrected chi connectivity index (χ2v) is 10.5. The number of halogens is 1. The van der Waals surface area contributed by atoms with Crippen LogP contribution < -0.4 is 4.74 Å². The molecule has 186 valence electrons. The number of benzene rings is 2. The fraction of sp³-hybridized carbons (Fsp3) is 0.536. The second-order valence-electron chi connectivity index (χ2n) is 10.5. The van der Waals surface area contributed by atoms with E-state index >= 15 is 0 Å². The van der Waals surface area contributed by atoms with Crippen LogP contribution in [0.2, 0.25) is 0 Å². The zero-order chi connectivity index (χ0) is 24.0. The summed E-state index contributed by atoms with van der Waals surface area (Å²) < 4.78 is 27.6. The predicted octanol–water partition coefficient (Wildman–Crippen LogP) is 4.34.